The molecule has 2 aliphatic heterocycles. The number of halogens is 2. The lowest BCUT2D eigenvalue weighted by molar-refractivity contribution is -0.167. The van der Waals surface area contributed by atoms with Crippen LogP contribution in [0.3, 0.4) is 0 Å². The molecule has 0 spiro atoms. The smallest absolute Gasteiger partial charge is 0.345 e. The molecule has 4 rings (SSSR count). The fourth-order valence-electron chi connectivity index (χ4n) is 3.30. The zero-order valence-corrected chi connectivity index (χ0v) is 15.7. The number of rotatable bonds is 5. The Labute approximate surface area is 166 Å². The standard InChI is InChI=1S/C20H21F2N3O4/c1-11-6-13(25-8-14(9-25)29-20(21)22)3-5-15(11)23-12-2-4-16-18(7-12)28-10-17(26)19(27)24-16/h2-7,14,17,20,23,26H,8-10H2,1H3,(H,24,27). The molecule has 0 bridgehead atoms. The Kier molecular flexibility index (Phi) is 5.25. The van der Waals surface area contributed by atoms with Crippen molar-refractivity contribution >= 4 is 28.7 Å². The number of fused-ring (bicyclic) bond motifs is 1. The van der Waals surface area contributed by atoms with Crippen molar-refractivity contribution in [1.82, 2.24) is 0 Å². The van der Waals surface area contributed by atoms with Crippen LogP contribution in [0.4, 0.5) is 31.5 Å². The molecule has 1 saturated heterocycles. The first kappa shape index (κ1) is 19.4. The van der Waals surface area contributed by atoms with E-state index in [9.17, 15) is 18.7 Å². The minimum atomic E-state index is -2.74. The molecule has 1 amide bonds. The van der Waals surface area contributed by atoms with Gasteiger partial charge in [0.25, 0.3) is 5.91 Å². The van der Waals surface area contributed by atoms with E-state index in [1.165, 1.54) is 0 Å². The summed E-state index contributed by atoms with van der Waals surface area (Å²) in [7, 11) is 0. The number of amides is 1. The van der Waals surface area contributed by atoms with Gasteiger partial charge < -0.3 is 30.1 Å². The van der Waals surface area contributed by atoms with E-state index in [4.69, 9.17) is 4.74 Å². The number of hydrogen-bond donors (Lipinski definition) is 3. The van der Waals surface area contributed by atoms with Crippen LogP contribution in [0.15, 0.2) is 36.4 Å². The number of alkyl halides is 2. The average Bonchev–Trinajstić information content (AvgIpc) is 2.78. The molecule has 1 unspecified atom stereocenters. The molecule has 154 valence electrons. The second-order valence-electron chi connectivity index (χ2n) is 7.07. The third-order valence-corrected chi connectivity index (χ3v) is 4.94. The molecule has 7 nitrogen and oxygen atoms in total. The summed E-state index contributed by atoms with van der Waals surface area (Å²) in [6, 6.07) is 11.1. The molecule has 3 N–H and O–H groups in total. The molecule has 2 aliphatic rings. The highest BCUT2D eigenvalue weighted by atomic mass is 19.3. The third-order valence-electron chi connectivity index (χ3n) is 4.94. The van der Waals surface area contributed by atoms with Gasteiger partial charge in [-0.2, -0.15) is 8.78 Å². The summed E-state index contributed by atoms with van der Waals surface area (Å²) in [5.74, 6) is -0.0251. The van der Waals surface area contributed by atoms with Crippen LogP contribution in [0.25, 0.3) is 0 Å². The SMILES string of the molecule is Cc1cc(N2CC(OC(F)F)C2)ccc1Nc1ccc2c(c1)OCC(O)C(=O)N2. The van der Waals surface area contributed by atoms with Crippen molar-refractivity contribution in [2.45, 2.75) is 25.7 Å². The van der Waals surface area contributed by atoms with Crippen LogP contribution < -0.4 is 20.3 Å². The molecule has 1 fully saturated rings. The molecule has 0 radical (unpaired) electrons. The Morgan fingerprint density at radius 2 is 2.07 bits per heavy atom. The summed E-state index contributed by atoms with van der Waals surface area (Å²) in [6.07, 6.45) is -1.65. The number of carbonyl (C=O) groups excluding carboxylic acids is 1. The van der Waals surface area contributed by atoms with Crippen LogP contribution in [-0.2, 0) is 9.53 Å². The van der Waals surface area contributed by atoms with Crippen molar-refractivity contribution in [2.75, 3.05) is 35.2 Å². The molecule has 0 aromatic heterocycles. The van der Waals surface area contributed by atoms with Gasteiger partial charge in [-0.1, -0.05) is 0 Å². The quantitative estimate of drug-likeness (QED) is 0.710. The normalized spacial score (nSPS) is 19.1. The highest BCUT2D eigenvalue weighted by Crippen LogP contribution is 2.33. The Bertz CT molecular complexity index is 919. The predicted molar refractivity (Wildman–Crippen MR) is 104 cm³/mol. The maximum atomic E-state index is 12.2. The summed E-state index contributed by atoms with van der Waals surface area (Å²) in [6.45, 7) is -0.0128. The van der Waals surface area contributed by atoms with Crippen LogP contribution >= 0.6 is 0 Å². The van der Waals surface area contributed by atoms with E-state index < -0.39 is 24.7 Å². The Morgan fingerprint density at radius 1 is 1.28 bits per heavy atom. The lowest BCUT2D eigenvalue weighted by Gasteiger charge is -2.40. The highest BCUT2D eigenvalue weighted by molar-refractivity contribution is 5.96. The predicted octanol–water partition coefficient (Wildman–Crippen LogP) is 2.86. The Morgan fingerprint density at radius 3 is 2.79 bits per heavy atom. The number of benzene rings is 2. The lowest BCUT2D eigenvalue weighted by atomic mass is 10.1. The summed E-state index contributed by atoms with van der Waals surface area (Å²) in [5.41, 5.74) is 4.08. The highest BCUT2D eigenvalue weighted by Gasteiger charge is 2.30. The van der Waals surface area contributed by atoms with E-state index >= 15 is 0 Å². The second-order valence-corrected chi connectivity index (χ2v) is 7.07. The first-order valence-electron chi connectivity index (χ1n) is 9.21. The van der Waals surface area contributed by atoms with Gasteiger partial charge in [0, 0.05) is 36.2 Å². The zero-order chi connectivity index (χ0) is 20.5. The lowest BCUT2D eigenvalue weighted by Crippen LogP contribution is -2.53. The molecule has 9 heteroatoms. The Hall–Kier alpha value is -2.91. The van der Waals surface area contributed by atoms with Gasteiger partial charge >= 0.3 is 6.61 Å². The van der Waals surface area contributed by atoms with Gasteiger partial charge in [0.15, 0.2) is 6.10 Å². The van der Waals surface area contributed by atoms with Gasteiger partial charge in [-0.3, -0.25) is 4.79 Å². The van der Waals surface area contributed by atoms with Crippen molar-refractivity contribution < 1.29 is 28.2 Å². The number of anilines is 4. The van der Waals surface area contributed by atoms with E-state index in [1.807, 2.05) is 30.0 Å². The number of ether oxygens (including phenoxy) is 2. The maximum Gasteiger partial charge on any atom is 0.345 e. The summed E-state index contributed by atoms with van der Waals surface area (Å²) in [5, 5.41) is 15.5. The van der Waals surface area contributed by atoms with Crippen LogP contribution in [0, 0.1) is 6.92 Å². The molecule has 0 saturated carbocycles. The van der Waals surface area contributed by atoms with Gasteiger partial charge in [-0.15, -0.1) is 0 Å². The molecule has 29 heavy (non-hydrogen) atoms. The summed E-state index contributed by atoms with van der Waals surface area (Å²) < 4.78 is 34.5. The van der Waals surface area contributed by atoms with Gasteiger partial charge in [-0.05, 0) is 42.8 Å². The molecular weight excluding hydrogens is 384 g/mol. The number of aryl methyl sites for hydroxylation is 1. The van der Waals surface area contributed by atoms with Crippen LogP contribution in [0.2, 0.25) is 0 Å². The van der Waals surface area contributed by atoms with Gasteiger partial charge in [0.2, 0.25) is 0 Å². The number of nitrogens with one attached hydrogen (secondary N) is 2. The number of nitrogens with zero attached hydrogens (tertiary/aromatic N) is 1. The molecule has 2 aromatic rings. The number of aliphatic hydroxyl groups is 1. The van der Waals surface area contributed by atoms with Crippen LogP contribution in [0.5, 0.6) is 5.75 Å². The summed E-state index contributed by atoms with van der Waals surface area (Å²) >= 11 is 0. The fourth-order valence-corrected chi connectivity index (χ4v) is 3.30. The topological polar surface area (TPSA) is 83.1 Å². The van der Waals surface area contributed by atoms with Gasteiger partial charge in [0.05, 0.1) is 11.8 Å². The van der Waals surface area contributed by atoms with Gasteiger partial charge in [-0.25, -0.2) is 0 Å². The van der Waals surface area contributed by atoms with E-state index in [2.05, 4.69) is 15.4 Å². The van der Waals surface area contributed by atoms with Crippen molar-refractivity contribution in [3.63, 3.8) is 0 Å². The summed E-state index contributed by atoms with van der Waals surface area (Å²) in [4.78, 5) is 13.7. The minimum Gasteiger partial charge on any atom is -0.488 e. The number of hydrogen-bond acceptors (Lipinski definition) is 6. The fraction of sp³-hybridized carbons (Fsp3) is 0.350. The van der Waals surface area contributed by atoms with Crippen LogP contribution in [0.1, 0.15) is 5.56 Å². The van der Waals surface area contributed by atoms with E-state index in [1.54, 1.807) is 18.2 Å². The largest absolute Gasteiger partial charge is 0.488 e. The second kappa shape index (κ2) is 7.84. The average molecular weight is 405 g/mol. The molecular formula is C20H21F2N3O4. The molecule has 1 atom stereocenters. The monoisotopic (exact) mass is 405 g/mol. The Balaban J connectivity index is 1.43. The first-order valence-corrected chi connectivity index (χ1v) is 9.21. The van der Waals surface area contributed by atoms with Crippen molar-refractivity contribution in [3.8, 4) is 5.75 Å². The maximum absolute atomic E-state index is 12.2. The molecule has 2 heterocycles. The molecule has 2 aromatic carbocycles. The molecule has 0 aliphatic carbocycles. The van der Waals surface area contributed by atoms with Crippen molar-refractivity contribution in [1.29, 1.82) is 0 Å². The van der Waals surface area contributed by atoms with E-state index in [-0.39, 0.29) is 6.61 Å². The van der Waals surface area contributed by atoms with Gasteiger partial charge in [0.1, 0.15) is 12.4 Å². The van der Waals surface area contributed by atoms with E-state index in [0.717, 1.165) is 22.6 Å². The van der Waals surface area contributed by atoms with Crippen molar-refractivity contribution in [2.24, 2.45) is 0 Å². The third kappa shape index (κ3) is 4.25. The minimum absolute atomic E-state index is 0.109. The van der Waals surface area contributed by atoms with Crippen molar-refractivity contribution in [3.05, 3.63) is 42.0 Å². The number of carbonyl (C=O) groups is 1. The zero-order valence-electron chi connectivity index (χ0n) is 15.7. The number of aliphatic hydroxyl groups excluding tert-OH is 1. The van der Waals surface area contributed by atoms with E-state index in [0.29, 0.717) is 24.5 Å². The van der Waals surface area contributed by atoms with Crippen LogP contribution in [-0.4, -0.2) is 49.5 Å². The first-order chi connectivity index (χ1) is 13.9.